The van der Waals surface area contributed by atoms with Crippen LogP contribution in [-0.2, 0) is 0 Å². The van der Waals surface area contributed by atoms with Crippen molar-refractivity contribution in [1.82, 2.24) is 4.98 Å². The zero-order chi connectivity index (χ0) is 6.53. The Bertz CT molecular complexity index is 215. The molecule has 1 aromatic heterocycles. The van der Waals surface area contributed by atoms with Crippen molar-refractivity contribution < 1.29 is 0 Å². The minimum atomic E-state index is 0.915. The Morgan fingerprint density at radius 3 is 3.22 bits per heavy atom. The lowest BCUT2D eigenvalue weighted by molar-refractivity contribution is 1.28. The molecule has 0 aliphatic rings. The van der Waals surface area contributed by atoms with E-state index < -0.39 is 0 Å². The summed E-state index contributed by atoms with van der Waals surface area (Å²) in [6.45, 7) is 2.04. The Kier molecular flexibility index (Phi) is 2.29. The summed E-state index contributed by atoms with van der Waals surface area (Å²) in [6, 6.07) is 0. The quantitative estimate of drug-likeness (QED) is 0.498. The number of hydrogen-bond donors (Lipinski definition) is 0. The molecule has 0 bridgehead atoms. The second-order valence-corrected chi connectivity index (χ2v) is 2.41. The molecule has 9 heavy (non-hydrogen) atoms. The van der Waals surface area contributed by atoms with Crippen LogP contribution < -0.4 is 0 Å². The fraction of sp³-hybridized carbons (Fsp3) is 0.286. The van der Waals surface area contributed by atoms with E-state index in [-0.39, 0.29) is 0 Å². The summed E-state index contributed by atoms with van der Waals surface area (Å²) in [6.07, 6.45) is 2.70. The third kappa shape index (κ3) is 1.87. The van der Waals surface area contributed by atoms with E-state index in [0.717, 1.165) is 11.3 Å². The third-order valence-electron chi connectivity index (χ3n) is 0.821. The van der Waals surface area contributed by atoms with Crippen LogP contribution in [0.3, 0.4) is 0 Å². The van der Waals surface area contributed by atoms with E-state index in [0.29, 0.717) is 0 Å². The maximum Gasteiger partial charge on any atom is 0.0966 e. The van der Waals surface area contributed by atoms with Crippen molar-refractivity contribution in [3.63, 3.8) is 0 Å². The van der Waals surface area contributed by atoms with E-state index >= 15 is 0 Å². The summed E-state index contributed by atoms with van der Waals surface area (Å²) >= 11 is 1.58. The fourth-order valence-corrected chi connectivity index (χ4v) is 0.941. The lowest BCUT2D eigenvalue weighted by Gasteiger charge is -1.70. The Labute approximate surface area is 58.8 Å². The normalized spacial score (nSPS) is 8.11. The molecule has 0 amide bonds. The van der Waals surface area contributed by atoms with Gasteiger partial charge in [0.25, 0.3) is 0 Å². The van der Waals surface area contributed by atoms with Crippen molar-refractivity contribution in [2.45, 2.75) is 13.3 Å². The van der Waals surface area contributed by atoms with E-state index in [4.69, 9.17) is 0 Å². The largest absolute Gasteiger partial charge is 0.252 e. The van der Waals surface area contributed by atoms with Crippen molar-refractivity contribution in [2.75, 3.05) is 0 Å². The fourth-order valence-electron chi connectivity index (χ4n) is 0.453. The van der Waals surface area contributed by atoms with Gasteiger partial charge in [-0.1, -0.05) is 18.8 Å². The summed E-state index contributed by atoms with van der Waals surface area (Å²) in [4.78, 5) is 4.94. The molecule has 0 saturated carbocycles. The predicted molar refractivity (Wildman–Crippen MR) is 39.3 cm³/mol. The van der Waals surface area contributed by atoms with Crippen LogP contribution in [0, 0.1) is 11.8 Å². The van der Waals surface area contributed by atoms with Crippen LogP contribution in [0.25, 0.3) is 0 Å². The zero-order valence-electron chi connectivity index (χ0n) is 5.22. The van der Waals surface area contributed by atoms with Crippen molar-refractivity contribution in [2.24, 2.45) is 0 Å². The molecule has 0 atom stereocenters. The van der Waals surface area contributed by atoms with Gasteiger partial charge in [-0.25, -0.2) is 0 Å². The molecule has 0 aromatic carbocycles. The van der Waals surface area contributed by atoms with Gasteiger partial charge in [-0.05, 0) is 0 Å². The van der Waals surface area contributed by atoms with Crippen LogP contribution in [0.5, 0.6) is 0 Å². The average molecular weight is 137 g/mol. The zero-order valence-corrected chi connectivity index (χ0v) is 6.03. The molecule has 0 aliphatic heterocycles. The van der Waals surface area contributed by atoms with E-state index in [1.54, 1.807) is 23.0 Å². The Morgan fingerprint density at radius 2 is 2.67 bits per heavy atom. The number of rotatable bonds is 0. The standard InChI is InChI=1S/C7H7NS/c1-2-3-4-7-5-8-6-9-7/h5-6H,2H2,1H3. The van der Waals surface area contributed by atoms with Gasteiger partial charge < -0.3 is 0 Å². The summed E-state index contributed by atoms with van der Waals surface area (Å²) in [5.41, 5.74) is 1.79. The smallest absolute Gasteiger partial charge is 0.0966 e. The predicted octanol–water partition coefficient (Wildman–Crippen LogP) is 1.90. The van der Waals surface area contributed by atoms with E-state index in [1.807, 2.05) is 6.92 Å². The van der Waals surface area contributed by atoms with Gasteiger partial charge in [0, 0.05) is 6.42 Å². The Balaban J connectivity index is 2.67. The third-order valence-corrected chi connectivity index (χ3v) is 1.51. The van der Waals surface area contributed by atoms with Crippen LogP contribution in [0.1, 0.15) is 18.2 Å². The van der Waals surface area contributed by atoms with Crippen molar-refractivity contribution >= 4 is 11.3 Å². The highest BCUT2D eigenvalue weighted by molar-refractivity contribution is 7.10. The van der Waals surface area contributed by atoms with Gasteiger partial charge in [-0.15, -0.1) is 11.3 Å². The van der Waals surface area contributed by atoms with Gasteiger partial charge in [0.2, 0.25) is 0 Å². The lowest BCUT2D eigenvalue weighted by Crippen LogP contribution is -1.59. The van der Waals surface area contributed by atoms with Crippen molar-refractivity contribution in [1.29, 1.82) is 0 Å². The first-order valence-electron chi connectivity index (χ1n) is 2.81. The number of aromatic nitrogens is 1. The highest BCUT2D eigenvalue weighted by Gasteiger charge is 1.82. The molecule has 1 heterocycles. The van der Waals surface area contributed by atoms with Crippen LogP contribution in [0.15, 0.2) is 11.7 Å². The molecule has 0 N–H and O–H groups in total. The summed E-state index contributed by atoms with van der Waals surface area (Å²) < 4.78 is 0. The van der Waals surface area contributed by atoms with Gasteiger partial charge in [0.05, 0.1) is 16.6 Å². The Hall–Kier alpha value is -0.810. The van der Waals surface area contributed by atoms with Gasteiger partial charge in [-0.3, -0.25) is 4.98 Å². The second kappa shape index (κ2) is 3.26. The second-order valence-electron chi connectivity index (χ2n) is 1.52. The average Bonchev–Trinajstić information content (AvgIpc) is 2.34. The number of hydrogen-bond acceptors (Lipinski definition) is 2. The molecule has 46 valence electrons. The topological polar surface area (TPSA) is 12.9 Å². The monoisotopic (exact) mass is 137 g/mol. The minimum absolute atomic E-state index is 0.915. The molecule has 0 radical (unpaired) electrons. The number of nitrogens with zero attached hydrogens (tertiary/aromatic N) is 1. The first-order valence-corrected chi connectivity index (χ1v) is 3.69. The van der Waals surface area contributed by atoms with Gasteiger partial charge in [0.1, 0.15) is 0 Å². The molecule has 0 aliphatic carbocycles. The van der Waals surface area contributed by atoms with Gasteiger partial charge in [0.15, 0.2) is 0 Å². The van der Waals surface area contributed by atoms with Gasteiger partial charge in [-0.2, -0.15) is 0 Å². The van der Waals surface area contributed by atoms with Crippen molar-refractivity contribution in [3.05, 3.63) is 16.6 Å². The molecule has 0 saturated heterocycles. The SMILES string of the molecule is CCC#Cc1cncs1. The molecular formula is C7H7NS. The maximum absolute atomic E-state index is 3.89. The molecule has 1 nitrogen and oxygen atoms in total. The molecular weight excluding hydrogens is 130 g/mol. The lowest BCUT2D eigenvalue weighted by atomic mass is 10.4. The molecule has 0 unspecified atom stereocenters. The first kappa shape index (κ1) is 6.31. The van der Waals surface area contributed by atoms with Gasteiger partial charge >= 0.3 is 0 Å². The maximum atomic E-state index is 3.89. The first-order chi connectivity index (χ1) is 4.43. The molecule has 2 heteroatoms. The molecule has 1 rings (SSSR count). The van der Waals surface area contributed by atoms with E-state index in [1.165, 1.54) is 0 Å². The summed E-state index contributed by atoms with van der Waals surface area (Å²) in [5, 5.41) is 0. The van der Waals surface area contributed by atoms with Crippen LogP contribution >= 0.6 is 11.3 Å². The van der Waals surface area contributed by atoms with Crippen molar-refractivity contribution in [3.8, 4) is 11.8 Å². The summed E-state index contributed by atoms with van der Waals surface area (Å²) in [7, 11) is 0. The van der Waals surface area contributed by atoms with Crippen LogP contribution in [-0.4, -0.2) is 4.98 Å². The minimum Gasteiger partial charge on any atom is -0.252 e. The highest BCUT2D eigenvalue weighted by Crippen LogP contribution is 2.01. The summed E-state index contributed by atoms with van der Waals surface area (Å²) in [5.74, 6) is 5.95. The molecule has 1 aromatic rings. The van der Waals surface area contributed by atoms with E-state index in [2.05, 4.69) is 16.8 Å². The van der Waals surface area contributed by atoms with Crippen LogP contribution in [0.2, 0.25) is 0 Å². The number of thiazole rings is 1. The Morgan fingerprint density at radius 1 is 1.78 bits per heavy atom. The molecule has 0 fully saturated rings. The molecule has 0 spiro atoms. The highest BCUT2D eigenvalue weighted by atomic mass is 32.1. The van der Waals surface area contributed by atoms with Crippen LogP contribution in [0.4, 0.5) is 0 Å². The van der Waals surface area contributed by atoms with E-state index in [9.17, 15) is 0 Å².